The van der Waals surface area contributed by atoms with E-state index in [0.717, 1.165) is 12.0 Å². The van der Waals surface area contributed by atoms with E-state index >= 15 is 0 Å². The molecule has 0 aliphatic rings. The standard InChI is InChI=1S/C11H15Cl2NO/c1-2-11(7-15)14-6-8-3-9(12)5-10(13)4-8/h3-5,11,14-15H,2,6-7H2,1H3. The highest BCUT2D eigenvalue weighted by Crippen LogP contribution is 2.18. The Morgan fingerprint density at radius 3 is 2.33 bits per heavy atom. The molecule has 0 aliphatic heterocycles. The van der Waals surface area contributed by atoms with Crippen LogP contribution in [0.1, 0.15) is 18.9 Å². The zero-order valence-corrected chi connectivity index (χ0v) is 10.1. The third kappa shape index (κ3) is 4.39. The van der Waals surface area contributed by atoms with Crippen LogP contribution in [0.2, 0.25) is 10.0 Å². The maximum atomic E-state index is 9.00. The van der Waals surface area contributed by atoms with Gasteiger partial charge in [0.2, 0.25) is 0 Å². The van der Waals surface area contributed by atoms with Crippen molar-refractivity contribution in [1.82, 2.24) is 5.32 Å². The van der Waals surface area contributed by atoms with Gasteiger partial charge >= 0.3 is 0 Å². The zero-order chi connectivity index (χ0) is 11.3. The number of nitrogens with one attached hydrogen (secondary N) is 1. The second-order valence-corrected chi connectivity index (χ2v) is 4.32. The number of hydrogen-bond acceptors (Lipinski definition) is 2. The number of aliphatic hydroxyl groups is 1. The Balaban J connectivity index is 2.57. The quantitative estimate of drug-likeness (QED) is 0.839. The average Bonchev–Trinajstić information content (AvgIpc) is 2.18. The summed E-state index contributed by atoms with van der Waals surface area (Å²) >= 11 is 11.7. The van der Waals surface area contributed by atoms with Crippen molar-refractivity contribution < 1.29 is 5.11 Å². The number of halogens is 2. The van der Waals surface area contributed by atoms with Crippen molar-refractivity contribution in [2.45, 2.75) is 25.9 Å². The minimum atomic E-state index is 0.128. The van der Waals surface area contributed by atoms with Gasteiger partial charge in [-0.25, -0.2) is 0 Å². The molecule has 0 aliphatic carbocycles. The highest BCUT2D eigenvalue weighted by atomic mass is 35.5. The lowest BCUT2D eigenvalue weighted by Gasteiger charge is -2.14. The van der Waals surface area contributed by atoms with E-state index in [1.807, 2.05) is 19.1 Å². The average molecular weight is 248 g/mol. The van der Waals surface area contributed by atoms with E-state index < -0.39 is 0 Å². The van der Waals surface area contributed by atoms with Crippen LogP contribution < -0.4 is 5.32 Å². The molecule has 1 atom stereocenters. The molecule has 0 radical (unpaired) electrons. The van der Waals surface area contributed by atoms with Crippen molar-refractivity contribution in [3.8, 4) is 0 Å². The van der Waals surface area contributed by atoms with Crippen LogP contribution in [0, 0.1) is 0 Å². The Labute approximate surface area is 100 Å². The molecule has 2 nitrogen and oxygen atoms in total. The molecule has 0 heterocycles. The molecule has 1 aromatic rings. The van der Waals surface area contributed by atoms with Gasteiger partial charge in [-0.3, -0.25) is 0 Å². The summed E-state index contributed by atoms with van der Waals surface area (Å²) in [7, 11) is 0. The summed E-state index contributed by atoms with van der Waals surface area (Å²) in [6.07, 6.45) is 0.894. The van der Waals surface area contributed by atoms with E-state index in [2.05, 4.69) is 5.32 Å². The van der Waals surface area contributed by atoms with Crippen LogP contribution in [0.15, 0.2) is 18.2 Å². The molecule has 0 spiro atoms. The van der Waals surface area contributed by atoms with E-state index in [0.29, 0.717) is 16.6 Å². The van der Waals surface area contributed by atoms with E-state index in [1.165, 1.54) is 0 Å². The summed E-state index contributed by atoms with van der Waals surface area (Å²) in [5.41, 5.74) is 1.03. The third-order valence-electron chi connectivity index (χ3n) is 2.23. The third-order valence-corrected chi connectivity index (χ3v) is 2.67. The molecule has 0 bridgehead atoms. The smallest absolute Gasteiger partial charge is 0.0584 e. The molecule has 1 rings (SSSR count). The second kappa shape index (κ2) is 6.33. The number of aliphatic hydroxyl groups excluding tert-OH is 1. The van der Waals surface area contributed by atoms with Crippen LogP contribution in [0.25, 0.3) is 0 Å². The molecule has 0 saturated carbocycles. The van der Waals surface area contributed by atoms with Crippen molar-refractivity contribution in [2.75, 3.05) is 6.61 Å². The van der Waals surface area contributed by atoms with Crippen molar-refractivity contribution in [3.63, 3.8) is 0 Å². The van der Waals surface area contributed by atoms with Crippen molar-refractivity contribution in [3.05, 3.63) is 33.8 Å². The SMILES string of the molecule is CCC(CO)NCc1cc(Cl)cc(Cl)c1. The second-order valence-electron chi connectivity index (χ2n) is 3.45. The minimum Gasteiger partial charge on any atom is -0.395 e. The van der Waals surface area contributed by atoms with Crippen LogP contribution in [-0.2, 0) is 6.54 Å². The Hall–Kier alpha value is -0.280. The largest absolute Gasteiger partial charge is 0.395 e. The van der Waals surface area contributed by atoms with Gasteiger partial charge in [-0.15, -0.1) is 0 Å². The molecule has 84 valence electrons. The topological polar surface area (TPSA) is 32.3 Å². The molecular formula is C11H15Cl2NO. The van der Waals surface area contributed by atoms with Gasteiger partial charge in [-0.05, 0) is 30.2 Å². The molecular weight excluding hydrogens is 233 g/mol. The fourth-order valence-electron chi connectivity index (χ4n) is 1.31. The first-order valence-electron chi connectivity index (χ1n) is 4.95. The number of benzene rings is 1. The summed E-state index contributed by atoms with van der Waals surface area (Å²) in [6.45, 7) is 2.84. The Morgan fingerprint density at radius 2 is 1.87 bits per heavy atom. The van der Waals surface area contributed by atoms with Crippen molar-refractivity contribution in [1.29, 1.82) is 0 Å². The lowest BCUT2D eigenvalue weighted by molar-refractivity contribution is 0.238. The predicted molar refractivity (Wildman–Crippen MR) is 64.5 cm³/mol. The van der Waals surface area contributed by atoms with Gasteiger partial charge in [-0.2, -0.15) is 0 Å². The van der Waals surface area contributed by atoms with Gasteiger partial charge in [0, 0.05) is 22.6 Å². The normalized spacial score (nSPS) is 12.8. The van der Waals surface area contributed by atoms with Crippen LogP contribution in [0.4, 0.5) is 0 Å². The first-order valence-corrected chi connectivity index (χ1v) is 5.70. The zero-order valence-electron chi connectivity index (χ0n) is 8.63. The molecule has 15 heavy (non-hydrogen) atoms. The first kappa shape index (κ1) is 12.8. The van der Waals surface area contributed by atoms with Gasteiger partial charge in [0.15, 0.2) is 0 Å². The molecule has 4 heteroatoms. The maximum Gasteiger partial charge on any atom is 0.0584 e. The Kier molecular flexibility index (Phi) is 5.40. The number of rotatable bonds is 5. The van der Waals surface area contributed by atoms with Gasteiger partial charge in [-0.1, -0.05) is 30.1 Å². The number of hydrogen-bond donors (Lipinski definition) is 2. The molecule has 1 unspecified atom stereocenters. The highest BCUT2D eigenvalue weighted by molar-refractivity contribution is 6.34. The summed E-state index contributed by atoms with van der Waals surface area (Å²) in [5, 5.41) is 13.5. The van der Waals surface area contributed by atoms with Crippen molar-refractivity contribution in [2.24, 2.45) is 0 Å². The van der Waals surface area contributed by atoms with Crippen LogP contribution >= 0.6 is 23.2 Å². The molecule has 2 N–H and O–H groups in total. The van der Waals surface area contributed by atoms with Crippen LogP contribution in [0.3, 0.4) is 0 Å². The fourth-order valence-corrected chi connectivity index (χ4v) is 1.88. The van der Waals surface area contributed by atoms with Gasteiger partial charge in [0.05, 0.1) is 6.61 Å². The van der Waals surface area contributed by atoms with Crippen LogP contribution in [0.5, 0.6) is 0 Å². The summed E-state index contributed by atoms with van der Waals surface area (Å²) in [4.78, 5) is 0. The molecule has 0 aromatic heterocycles. The lowest BCUT2D eigenvalue weighted by atomic mass is 10.2. The monoisotopic (exact) mass is 247 g/mol. The van der Waals surface area contributed by atoms with Gasteiger partial charge < -0.3 is 10.4 Å². The summed E-state index contributed by atoms with van der Waals surface area (Å²) < 4.78 is 0. The van der Waals surface area contributed by atoms with Crippen molar-refractivity contribution >= 4 is 23.2 Å². The van der Waals surface area contributed by atoms with E-state index in [1.54, 1.807) is 6.07 Å². The molecule has 0 amide bonds. The molecule has 1 aromatic carbocycles. The maximum absolute atomic E-state index is 9.00. The predicted octanol–water partition coefficient (Wildman–Crippen LogP) is 2.85. The Morgan fingerprint density at radius 1 is 1.27 bits per heavy atom. The lowest BCUT2D eigenvalue weighted by Crippen LogP contribution is -2.31. The van der Waals surface area contributed by atoms with E-state index in [4.69, 9.17) is 28.3 Å². The minimum absolute atomic E-state index is 0.128. The molecule has 0 saturated heterocycles. The highest BCUT2D eigenvalue weighted by Gasteiger charge is 2.04. The first-order chi connectivity index (χ1) is 7.15. The van der Waals surface area contributed by atoms with E-state index in [9.17, 15) is 0 Å². The van der Waals surface area contributed by atoms with E-state index in [-0.39, 0.29) is 12.6 Å². The summed E-state index contributed by atoms with van der Waals surface area (Å²) in [5.74, 6) is 0. The molecule has 0 fully saturated rings. The van der Waals surface area contributed by atoms with Crippen LogP contribution in [-0.4, -0.2) is 17.8 Å². The van der Waals surface area contributed by atoms with Gasteiger partial charge in [0.25, 0.3) is 0 Å². The van der Waals surface area contributed by atoms with Gasteiger partial charge in [0.1, 0.15) is 0 Å². The Bertz CT molecular complexity index is 293. The summed E-state index contributed by atoms with van der Waals surface area (Å²) in [6, 6.07) is 5.56. The fraction of sp³-hybridized carbons (Fsp3) is 0.455.